The summed E-state index contributed by atoms with van der Waals surface area (Å²) in [5.74, 6) is -0.425. The van der Waals surface area contributed by atoms with E-state index in [4.69, 9.17) is 0 Å². The van der Waals surface area contributed by atoms with Crippen molar-refractivity contribution in [3.05, 3.63) is 71.8 Å². The predicted octanol–water partition coefficient (Wildman–Crippen LogP) is 3.27. The summed E-state index contributed by atoms with van der Waals surface area (Å²) in [6, 6.07) is 11.1. The summed E-state index contributed by atoms with van der Waals surface area (Å²) in [6.07, 6.45) is 7.09. The van der Waals surface area contributed by atoms with Gasteiger partial charge in [0.25, 0.3) is 15.9 Å². The first kappa shape index (κ1) is 23.0. The first-order valence-corrected chi connectivity index (χ1v) is 12.8. The number of hydrogen-bond acceptors (Lipinski definition) is 4. The average molecular weight is 468 g/mol. The largest absolute Gasteiger partial charge is 0.351 e. The maximum absolute atomic E-state index is 13.0. The molecule has 0 spiro atoms. The number of rotatable bonds is 7. The van der Waals surface area contributed by atoms with Gasteiger partial charge in [-0.25, -0.2) is 8.42 Å². The fourth-order valence-electron chi connectivity index (χ4n) is 4.51. The van der Waals surface area contributed by atoms with Gasteiger partial charge in [0.1, 0.15) is 6.04 Å². The van der Waals surface area contributed by atoms with Gasteiger partial charge >= 0.3 is 0 Å². The lowest BCUT2D eigenvalue weighted by Gasteiger charge is -2.24. The summed E-state index contributed by atoms with van der Waals surface area (Å²) in [6.45, 7) is 4.46. The van der Waals surface area contributed by atoms with Gasteiger partial charge in [-0.2, -0.15) is 0 Å². The molecule has 1 heterocycles. The highest BCUT2D eigenvalue weighted by Crippen LogP contribution is 2.26. The van der Waals surface area contributed by atoms with Crippen LogP contribution in [-0.2, 0) is 27.7 Å². The number of sulfonamides is 1. The molecule has 4 rings (SSSR count). The molecule has 1 aliphatic carbocycles. The highest BCUT2D eigenvalue weighted by Gasteiger charge is 2.34. The third kappa shape index (κ3) is 5.11. The van der Waals surface area contributed by atoms with Gasteiger partial charge in [-0.1, -0.05) is 12.1 Å². The summed E-state index contributed by atoms with van der Waals surface area (Å²) >= 11 is 0. The molecular weight excluding hydrogens is 438 g/mol. The van der Waals surface area contributed by atoms with E-state index in [2.05, 4.69) is 16.6 Å². The normalized spacial score (nSPS) is 17.8. The van der Waals surface area contributed by atoms with Gasteiger partial charge in [0, 0.05) is 24.3 Å². The topological polar surface area (TPSA) is 95.6 Å². The Morgan fingerprint density at radius 1 is 1.03 bits per heavy atom. The predicted molar refractivity (Wildman–Crippen MR) is 128 cm³/mol. The number of nitrogens with zero attached hydrogens (tertiary/aromatic N) is 1. The second-order valence-electron chi connectivity index (χ2n) is 8.51. The molecule has 2 aromatic carbocycles. The van der Waals surface area contributed by atoms with Crippen molar-refractivity contribution in [1.29, 1.82) is 0 Å². The van der Waals surface area contributed by atoms with Gasteiger partial charge in [-0.3, -0.25) is 14.3 Å². The molecule has 2 N–H and O–H groups in total. The molecule has 2 amide bonds. The van der Waals surface area contributed by atoms with Gasteiger partial charge in [-0.05, 0) is 86.1 Å². The highest BCUT2D eigenvalue weighted by molar-refractivity contribution is 7.92. The number of hydrogen-bond donors (Lipinski definition) is 2. The summed E-state index contributed by atoms with van der Waals surface area (Å²) in [5.41, 5.74) is 3.12. The minimum atomic E-state index is -3.73. The lowest BCUT2D eigenvalue weighted by molar-refractivity contribution is -0.124. The summed E-state index contributed by atoms with van der Waals surface area (Å²) in [5, 5.41) is 2.75. The van der Waals surface area contributed by atoms with Crippen molar-refractivity contribution in [2.75, 3.05) is 17.8 Å². The summed E-state index contributed by atoms with van der Waals surface area (Å²) < 4.78 is 28.4. The second kappa shape index (κ2) is 9.79. The third-order valence-corrected chi connectivity index (χ3v) is 7.63. The molecule has 7 nitrogen and oxygen atoms in total. The third-order valence-electron chi connectivity index (χ3n) is 6.25. The quantitative estimate of drug-likeness (QED) is 0.611. The van der Waals surface area contributed by atoms with Crippen LogP contribution in [0, 0.1) is 0 Å². The Morgan fingerprint density at radius 3 is 2.48 bits per heavy atom. The zero-order valence-electron chi connectivity index (χ0n) is 18.5. The van der Waals surface area contributed by atoms with E-state index in [-0.39, 0.29) is 16.7 Å². The van der Waals surface area contributed by atoms with Crippen LogP contribution in [0.5, 0.6) is 0 Å². The Balaban J connectivity index is 1.45. The Labute approximate surface area is 194 Å². The molecule has 1 unspecified atom stereocenters. The molecule has 2 aliphatic rings. The van der Waals surface area contributed by atoms with Gasteiger partial charge < -0.3 is 10.2 Å². The van der Waals surface area contributed by atoms with Crippen LogP contribution in [0.3, 0.4) is 0 Å². The number of amides is 2. The molecule has 1 fully saturated rings. The molecule has 1 aliphatic heterocycles. The number of benzene rings is 2. The molecule has 0 radical (unpaired) electrons. The average Bonchev–Trinajstić information content (AvgIpc) is 3.32. The van der Waals surface area contributed by atoms with Gasteiger partial charge in [-0.15, -0.1) is 6.58 Å². The molecule has 0 bridgehead atoms. The number of carbonyl (C=O) groups is 2. The van der Waals surface area contributed by atoms with E-state index >= 15 is 0 Å². The Kier molecular flexibility index (Phi) is 6.83. The van der Waals surface area contributed by atoms with Gasteiger partial charge in [0.2, 0.25) is 5.91 Å². The Morgan fingerprint density at radius 2 is 1.76 bits per heavy atom. The molecule has 0 aromatic heterocycles. The van der Waals surface area contributed by atoms with Crippen molar-refractivity contribution in [1.82, 2.24) is 10.2 Å². The molecule has 1 atom stereocenters. The van der Waals surface area contributed by atoms with Gasteiger partial charge in [0.05, 0.1) is 4.90 Å². The van der Waals surface area contributed by atoms with Crippen molar-refractivity contribution < 1.29 is 18.0 Å². The number of carbonyl (C=O) groups excluding carboxylic acids is 2. The first-order valence-electron chi connectivity index (χ1n) is 11.3. The van der Waals surface area contributed by atoms with Crippen molar-refractivity contribution in [3.63, 3.8) is 0 Å². The number of fused-ring (bicyclic) bond motifs is 1. The minimum Gasteiger partial charge on any atom is -0.351 e. The lowest BCUT2D eigenvalue weighted by Crippen LogP contribution is -2.46. The van der Waals surface area contributed by atoms with E-state index < -0.39 is 16.1 Å². The van der Waals surface area contributed by atoms with Crippen LogP contribution >= 0.6 is 0 Å². The van der Waals surface area contributed by atoms with E-state index in [0.717, 1.165) is 37.7 Å². The lowest BCUT2D eigenvalue weighted by atomic mass is 9.92. The molecule has 0 saturated carbocycles. The number of aryl methyl sites for hydroxylation is 2. The van der Waals surface area contributed by atoms with Crippen LogP contribution in [0.4, 0.5) is 5.69 Å². The molecule has 2 aromatic rings. The fraction of sp³-hybridized carbons (Fsp3) is 0.360. The van der Waals surface area contributed by atoms with Crippen LogP contribution in [0.2, 0.25) is 0 Å². The van der Waals surface area contributed by atoms with E-state index in [1.54, 1.807) is 47.4 Å². The zero-order valence-corrected chi connectivity index (χ0v) is 19.4. The monoisotopic (exact) mass is 467 g/mol. The van der Waals surface area contributed by atoms with Crippen LogP contribution in [0.15, 0.2) is 60.0 Å². The second-order valence-corrected chi connectivity index (χ2v) is 10.2. The maximum Gasteiger partial charge on any atom is 0.261 e. The minimum absolute atomic E-state index is 0.185. The smallest absolute Gasteiger partial charge is 0.261 e. The SMILES string of the molecule is C=CCNC(=O)C1CCCN1C(=O)c1ccc(NS(=O)(=O)c2ccc3c(c2)CCCC3)cc1. The number of likely N-dealkylation sites (tertiary alicyclic amines) is 1. The van der Waals surface area contributed by atoms with Crippen LogP contribution < -0.4 is 10.0 Å². The van der Waals surface area contributed by atoms with Crippen LogP contribution in [-0.4, -0.2) is 44.3 Å². The Hall–Kier alpha value is -3.13. The number of nitrogens with one attached hydrogen (secondary N) is 2. The van der Waals surface area contributed by atoms with E-state index in [0.29, 0.717) is 30.8 Å². The van der Waals surface area contributed by atoms with Crippen molar-refractivity contribution in [2.24, 2.45) is 0 Å². The molecule has 174 valence electrons. The maximum atomic E-state index is 13.0. The first-order chi connectivity index (χ1) is 15.9. The highest BCUT2D eigenvalue weighted by atomic mass is 32.2. The molecular formula is C25H29N3O4S. The van der Waals surface area contributed by atoms with Crippen LogP contribution in [0.1, 0.15) is 47.2 Å². The Bertz CT molecular complexity index is 1160. The summed E-state index contributed by atoms with van der Waals surface area (Å²) in [4.78, 5) is 27.2. The van der Waals surface area contributed by atoms with Gasteiger partial charge in [0.15, 0.2) is 0 Å². The summed E-state index contributed by atoms with van der Waals surface area (Å²) in [7, 11) is -3.73. The molecule has 33 heavy (non-hydrogen) atoms. The van der Waals surface area contributed by atoms with E-state index in [1.807, 2.05) is 6.07 Å². The van der Waals surface area contributed by atoms with Crippen molar-refractivity contribution in [2.45, 2.75) is 49.5 Å². The van der Waals surface area contributed by atoms with Crippen molar-refractivity contribution in [3.8, 4) is 0 Å². The van der Waals surface area contributed by atoms with Crippen molar-refractivity contribution >= 4 is 27.5 Å². The van der Waals surface area contributed by atoms with Crippen LogP contribution in [0.25, 0.3) is 0 Å². The standard InChI is InChI=1S/C25H29N3O4S/c1-2-15-26-24(29)23-8-5-16-28(23)25(30)19-9-12-21(13-10-19)27-33(31,32)22-14-11-18-6-3-4-7-20(18)17-22/h2,9-14,17,23,27H,1,3-8,15-16H2,(H,26,29). The zero-order chi connectivity index (χ0) is 23.4. The number of anilines is 1. The molecule has 8 heteroatoms. The fourth-order valence-corrected chi connectivity index (χ4v) is 5.62. The van der Waals surface area contributed by atoms with E-state index in [9.17, 15) is 18.0 Å². The van der Waals surface area contributed by atoms with E-state index in [1.165, 1.54) is 5.56 Å². The molecule has 1 saturated heterocycles.